The van der Waals surface area contributed by atoms with Gasteiger partial charge in [-0.3, -0.25) is 0 Å². The number of benzene rings is 1. The Labute approximate surface area is 116 Å². The lowest BCUT2D eigenvalue weighted by molar-refractivity contribution is 0.296. The molecule has 0 fully saturated rings. The van der Waals surface area contributed by atoms with Gasteiger partial charge in [-0.15, -0.1) is 0 Å². The summed E-state index contributed by atoms with van der Waals surface area (Å²) in [6, 6.07) is 6.37. The SMILES string of the molecule is CCCN(C)CC(NC)c1ccc(OC)c(OC)c1. The Kier molecular flexibility index (Phi) is 6.67. The maximum atomic E-state index is 5.36. The number of hydrogen-bond acceptors (Lipinski definition) is 4. The molecule has 0 aliphatic rings. The molecule has 0 bridgehead atoms. The number of rotatable bonds is 8. The van der Waals surface area contributed by atoms with Crippen molar-refractivity contribution in [2.24, 2.45) is 0 Å². The number of ether oxygens (including phenoxy) is 2. The van der Waals surface area contributed by atoms with Crippen LogP contribution < -0.4 is 14.8 Å². The normalized spacial score (nSPS) is 12.5. The van der Waals surface area contributed by atoms with Gasteiger partial charge < -0.3 is 19.7 Å². The van der Waals surface area contributed by atoms with E-state index < -0.39 is 0 Å². The Morgan fingerprint density at radius 3 is 2.42 bits per heavy atom. The lowest BCUT2D eigenvalue weighted by Gasteiger charge is -2.24. The van der Waals surface area contributed by atoms with Crippen molar-refractivity contribution in [1.29, 1.82) is 0 Å². The molecular weight excluding hydrogens is 240 g/mol. The maximum Gasteiger partial charge on any atom is 0.161 e. The lowest BCUT2D eigenvalue weighted by atomic mass is 10.1. The highest BCUT2D eigenvalue weighted by molar-refractivity contribution is 5.43. The van der Waals surface area contributed by atoms with Crippen LogP contribution in [-0.4, -0.2) is 46.3 Å². The molecule has 1 aromatic rings. The zero-order valence-electron chi connectivity index (χ0n) is 12.7. The maximum absolute atomic E-state index is 5.36. The minimum absolute atomic E-state index is 0.288. The zero-order chi connectivity index (χ0) is 14.3. The van der Waals surface area contributed by atoms with Gasteiger partial charge in [-0.1, -0.05) is 13.0 Å². The minimum atomic E-state index is 0.288. The summed E-state index contributed by atoms with van der Waals surface area (Å²) in [5.41, 5.74) is 1.21. The zero-order valence-corrected chi connectivity index (χ0v) is 12.7. The first kappa shape index (κ1) is 15.8. The van der Waals surface area contributed by atoms with Gasteiger partial charge in [0, 0.05) is 12.6 Å². The molecule has 0 spiro atoms. The predicted octanol–water partition coefficient (Wildman–Crippen LogP) is 2.31. The van der Waals surface area contributed by atoms with E-state index in [1.807, 2.05) is 19.2 Å². The second kappa shape index (κ2) is 8.02. The van der Waals surface area contributed by atoms with Gasteiger partial charge in [0.05, 0.1) is 14.2 Å². The van der Waals surface area contributed by atoms with Gasteiger partial charge in [-0.2, -0.15) is 0 Å². The molecule has 0 saturated heterocycles. The van der Waals surface area contributed by atoms with Gasteiger partial charge in [0.1, 0.15) is 0 Å². The predicted molar refractivity (Wildman–Crippen MR) is 79.1 cm³/mol. The van der Waals surface area contributed by atoms with Gasteiger partial charge in [0.2, 0.25) is 0 Å². The second-order valence-corrected chi connectivity index (χ2v) is 4.72. The molecule has 4 heteroatoms. The fourth-order valence-electron chi connectivity index (χ4n) is 2.22. The number of likely N-dealkylation sites (N-methyl/N-ethyl adjacent to an activating group) is 2. The van der Waals surface area contributed by atoms with Crippen molar-refractivity contribution in [3.8, 4) is 11.5 Å². The molecule has 0 aromatic heterocycles. The number of hydrogen-bond donors (Lipinski definition) is 1. The van der Waals surface area contributed by atoms with Crippen LogP contribution in [0, 0.1) is 0 Å². The highest BCUT2D eigenvalue weighted by Crippen LogP contribution is 2.30. The third-order valence-corrected chi connectivity index (χ3v) is 3.26. The molecule has 1 atom stereocenters. The van der Waals surface area contributed by atoms with Gasteiger partial charge in [-0.05, 0) is 44.8 Å². The number of nitrogens with one attached hydrogen (secondary N) is 1. The van der Waals surface area contributed by atoms with Crippen molar-refractivity contribution < 1.29 is 9.47 Å². The van der Waals surface area contributed by atoms with E-state index in [4.69, 9.17) is 9.47 Å². The topological polar surface area (TPSA) is 33.7 Å². The fraction of sp³-hybridized carbons (Fsp3) is 0.600. The Balaban J connectivity index is 2.86. The van der Waals surface area contributed by atoms with Gasteiger partial charge in [0.25, 0.3) is 0 Å². The smallest absolute Gasteiger partial charge is 0.161 e. The second-order valence-electron chi connectivity index (χ2n) is 4.72. The molecule has 0 aliphatic carbocycles. The summed E-state index contributed by atoms with van der Waals surface area (Å²) in [4.78, 5) is 2.33. The van der Waals surface area contributed by atoms with Crippen LogP contribution in [0.1, 0.15) is 24.9 Å². The molecule has 1 unspecified atom stereocenters. The molecule has 0 aliphatic heterocycles. The largest absolute Gasteiger partial charge is 0.493 e. The molecule has 0 heterocycles. The average Bonchev–Trinajstić information content (AvgIpc) is 2.44. The van der Waals surface area contributed by atoms with Crippen LogP contribution in [0.15, 0.2) is 18.2 Å². The van der Waals surface area contributed by atoms with Crippen LogP contribution in [0.25, 0.3) is 0 Å². The van der Waals surface area contributed by atoms with Crippen molar-refractivity contribution in [2.75, 3.05) is 41.4 Å². The van der Waals surface area contributed by atoms with Crippen molar-refractivity contribution in [2.45, 2.75) is 19.4 Å². The van der Waals surface area contributed by atoms with Gasteiger partial charge in [0.15, 0.2) is 11.5 Å². The molecule has 0 amide bonds. The minimum Gasteiger partial charge on any atom is -0.493 e. The van der Waals surface area contributed by atoms with Crippen molar-refractivity contribution in [3.05, 3.63) is 23.8 Å². The molecule has 1 N–H and O–H groups in total. The van der Waals surface area contributed by atoms with E-state index in [0.717, 1.165) is 24.6 Å². The molecule has 4 nitrogen and oxygen atoms in total. The molecule has 0 saturated carbocycles. The van der Waals surface area contributed by atoms with Crippen LogP contribution in [0.2, 0.25) is 0 Å². The Hall–Kier alpha value is -1.26. The van der Waals surface area contributed by atoms with Crippen LogP contribution in [-0.2, 0) is 0 Å². The van der Waals surface area contributed by atoms with Crippen LogP contribution in [0.4, 0.5) is 0 Å². The molecule has 108 valence electrons. The van der Waals surface area contributed by atoms with E-state index in [9.17, 15) is 0 Å². The lowest BCUT2D eigenvalue weighted by Crippen LogP contribution is -2.31. The highest BCUT2D eigenvalue weighted by Gasteiger charge is 2.14. The van der Waals surface area contributed by atoms with E-state index in [2.05, 4.69) is 30.3 Å². The monoisotopic (exact) mass is 266 g/mol. The Morgan fingerprint density at radius 1 is 1.21 bits per heavy atom. The van der Waals surface area contributed by atoms with E-state index in [-0.39, 0.29) is 6.04 Å². The molecular formula is C15H26N2O2. The van der Waals surface area contributed by atoms with Crippen molar-refractivity contribution >= 4 is 0 Å². The van der Waals surface area contributed by atoms with Crippen molar-refractivity contribution in [3.63, 3.8) is 0 Å². The Morgan fingerprint density at radius 2 is 1.89 bits per heavy atom. The summed E-state index contributed by atoms with van der Waals surface area (Å²) in [7, 11) is 7.46. The molecule has 1 rings (SSSR count). The van der Waals surface area contributed by atoms with E-state index in [0.29, 0.717) is 0 Å². The first-order valence-electron chi connectivity index (χ1n) is 6.74. The van der Waals surface area contributed by atoms with E-state index in [1.54, 1.807) is 14.2 Å². The fourth-order valence-corrected chi connectivity index (χ4v) is 2.22. The summed E-state index contributed by atoms with van der Waals surface area (Å²) in [6.45, 7) is 4.27. The van der Waals surface area contributed by atoms with E-state index >= 15 is 0 Å². The first-order valence-corrected chi connectivity index (χ1v) is 6.74. The van der Waals surface area contributed by atoms with Gasteiger partial charge >= 0.3 is 0 Å². The molecule has 0 radical (unpaired) electrons. The summed E-state index contributed by atoms with van der Waals surface area (Å²) in [5.74, 6) is 1.54. The van der Waals surface area contributed by atoms with Crippen molar-refractivity contribution in [1.82, 2.24) is 10.2 Å². The van der Waals surface area contributed by atoms with Gasteiger partial charge in [-0.25, -0.2) is 0 Å². The Bertz CT molecular complexity index is 382. The summed E-state index contributed by atoms with van der Waals surface area (Å²) < 4.78 is 10.6. The standard InChI is InChI=1S/C15H26N2O2/c1-6-9-17(3)11-13(16-2)12-7-8-14(18-4)15(10-12)19-5/h7-8,10,13,16H,6,9,11H2,1-5H3. The van der Waals surface area contributed by atoms with Crippen LogP contribution in [0.5, 0.6) is 11.5 Å². The molecule has 1 aromatic carbocycles. The number of nitrogens with zero attached hydrogens (tertiary/aromatic N) is 1. The van der Waals surface area contributed by atoms with Crippen LogP contribution >= 0.6 is 0 Å². The third-order valence-electron chi connectivity index (χ3n) is 3.26. The summed E-state index contributed by atoms with van der Waals surface area (Å²) >= 11 is 0. The summed E-state index contributed by atoms with van der Waals surface area (Å²) in [6.07, 6.45) is 1.17. The highest BCUT2D eigenvalue weighted by atomic mass is 16.5. The first-order chi connectivity index (χ1) is 9.15. The number of methoxy groups -OCH3 is 2. The third kappa shape index (κ3) is 4.40. The average molecular weight is 266 g/mol. The summed E-state index contributed by atoms with van der Waals surface area (Å²) in [5, 5.41) is 3.36. The van der Waals surface area contributed by atoms with E-state index in [1.165, 1.54) is 12.0 Å². The molecule has 19 heavy (non-hydrogen) atoms. The quantitative estimate of drug-likeness (QED) is 0.783. The van der Waals surface area contributed by atoms with Crippen LogP contribution in [0.3, 0.4) is 0 Å².